The second-order valence-electron chi connectivity index (χ2n) is 4.45. The van der Waals surface area contributed by atoms with Gasteiger partial charge in [-0.05, 0) is 31.2 Å². The molecule has 4 N–H and O–H groups in total. The summed E-state index contributed by atoms with van der Waals surface area (Å²) in [5, 5.41) is 6.09. The maximum Gasteiger partial charge on any atom is 0.251 e. The van der Waals surface area contributed by atoms with Crippen LogP contribution in [0.3, 0.4) is 0 Å². The van der Waals surface area contributed by atoms with Gasteiger partial charge >= 0.3 is 0 Å². The summed E-state index contributed by atoms with van der Waals surface area (Å²) in [7, 11) is 0. The molecule has 0 radical (unpaired) electrons. The number of hydrogen-bond acceptors (Lipinski definition) is 5. The number of carbonyl (C=O) groups is 2. The van der Waals surface area contributed by atoms with Crippen molar-refractivity contribution in [3.63, 3.8) is 0 Å². The van der Waals surface area contributed by atoms with Crippen molar-refractivity contribution in [3.8, 4) is 0 Å². The van der Waals surface area contributed by atoms with Gasteiger partial charge < -0.3 is 16.4 Å². The monoisotopic (exact) mass is 304 g/mol. The van der Waals surface area contributed by atoms with Gasteiger partial charge in [-0.2, -0.15) is 0 Å². The van der Waals surface area contributed by atoms with Gasteiger partial charge in [0, 0.05) is 22.3 Å². The highest BCUT2D eigenvalue weighted by Gasteiger charge is 2.08. The van der Waals surface area contributed by atoms with Crippen LogP contribution in [0.2, 0.25) is 0 Å². The minimum Gasteiger partial charge on any atom is -0.399 e. The Labute approximate surface area is 126 Å². The summed E-state index contributed by atoms with van der Waals surface area (Å²) >= 11 is 1.53. The molecule has 7 heteroatoms. The zero-order valence-corrected chi connectivity index (χ0v) is 12.4. The molecule has 2 rings (SSSR count). The molecular formula is C14H16N4O2S. The summed E-state index contributed by atoms with van der Waals surface area (Å²) in [6.45, 7) is 2.25. The van der Waals surface area contributed by atoms with E-state index in [1.54, 1.807) is 30.5 Å². The number of hydrogen-bond donors (Lipinski definition) is 3. The molecule has 1 aromatic carbocycles. The van der Waals surface area contributed by atoms with Crippen LogP contribution in [-0.2, 0) is 11.3 Å². The van der Waals surface area contributed by atoms with Crippen molar-refractivity contribution in [1.29, 1.82) is 0 Å². The van der Waals surface area contributed by atoms with Gasteiger partial charge in [-0.25, -0.2) is 4.98 Å². The SMILES string of the molecule is Cc1cnc(CNC(=O)CNC(=O)c2ccc(N)cc2)s1. The van der Waals surface area contributed by atoms with E-state index in [-0.39, 0.29) is 18.4 Å². The second kappa shape index (κ2) is 6.85. The number of benzene rings is 1. The lowest BCUT2D eigenvalue weighted by atomic mass is 10.2. The Kier molecular flexibility index (Phi) is 4.89. The van der Waals surface area contributed by atoms with Gasteiger partial charge in [0.2, 0.25) is 5.91 Å². The molecule has 0 saturated carbocycles. The number of nitrogens with one attached hydrogen (secondary N) is 2. The maximum absolute atomic E-state index is 11.8. The topological polar surface area (TPSA) is 97.1 Å². The Morgan fingerprint density at radius 2 is 1.95 bits per heavy atom. The molecule has 2 amide bonds. The number of nitrogen functional groups attached to an aromatic ring is 1. The summed E-state index contributed by atoms with van der Waals surface area (Å²) in [5.74, 6) is -0.568. The molecule has 2 aromatic rings. The summed E-state index contributed by atoms with van der Waals surface area (Å²) in [4.78, 5) is 28.7. The highest BCUT2D eigenvalue weighted by atomic mass is 32.1. The van der Waals surface area contributed by atoms with Crippen molar-refractivity contribution >= 4 is 28.8 Å². The first-order valence-electron chi connectivity index (χ1n) is 6.36. The Hall–Kier alpha value is -2.41. The van der Waals surface area contributed by atoms with Crippen molar-refractivity contribution in [1.82, 2.24) is 15.6 Å². The molecule has 0 saturated heterocycles. The van der Waals surface area contributed by atoms with Crippen LogP contribution in [0.15, 0.2) is 30.5 Å². The molecule has 0 aliphatic carbocycles. The molecule has 21 heavy (non-hydrogen) atoms. The van der Waals surface area contributed by atoms with Gasteiger partial charge in [-0.1, -0.05) is 0 Å². The molecule has 0 atom stereocenters. The van der Waals surface area contributed by atoms with Crippen molar-refractivity contribution in [3.05, 3.63) is 45.9 Å². The summed E-state index contributed by atoms with van der Waals surface area (Å²) in [6.07, 6.45) is 1.76. The van der Waals surface area contributed by atoms with Crippen LogP contribution in [0.4, 0.5) is 5.69 Å². The van der Waals surface area contributed by atoms with E-state index in [1.165, 1.54) is 11.3 Å². The summed E-state index contributed by atoms with van der Waals surface area (Å²) in [5.41, 5.74) is 6.60. The minimum atomic E-state index is -0.310. The van der Waals surface area contributed by atoms with Crippen LogP contribution in [0.5, 0.6) is 0 Å². The Balaban J connectivity index is 1.75. The molecule has 0 spiro atoms. The lowest BCUT2D eigenvalue weighted by Gasteiger charge is -2.06. The third kappa shape index (κ3) is 4.57. The van der Waals surface area contributed by atoms with Gasteiger partial charge in [0.15, 0.2) is 0 Å². The number of rotatable bonds is 5. The third-order valence-corrected chi connectivity index (χ3v) is 3.60. The van der Waals surface area contributed by atoms with E-state index in [0.29, 0.717) is 17.8 Å². The standard InChI is InChI=1S/C14H16N4O2S/c1-9-6-17-13(21-9)8-16-12(19)7-18-14(20)10-2-4-11(15)5-3-10/h2-6H,7-8,15H2,1H3,(H,16,19)(H,18,20). The number of nitrogens with zero attached hydrogens (tertiary/aromatic N) is 1. The molecular weight excluding hydrogens is 288 g/mol. The zero-order valence-electron chi connectivity index (χ0n) is 11.6. The predicted molar refractivity (Wildman–Crippen MR) is 81.9 cm³/mol. The lowest BCUT2D eigenvalue weighted by molar-refractivity contribution is -0.120. The molecule has 110 valence electrons. The molecule has 1 aromatic heterocycles. The molecule has 0 aliphatic heterocycles. The smallest absolute Gasteiger partial charge is 0.251 e. The molecule has 0 unspecified atom stereocenters. The normalized spacial score (nSPS) is 10.1. The van der Waals surface area contributed by atoms with Gasteiger partial charge in [0.25, 0.3) is 5.91 Å². The predicted octanol–water partition coefficient (Wildman–Crippen LogP) is 1.08. The fraction of sp³-hybridized carbons (Fsp3) is 0.214. The van der Waals surface area contributed by atoms with Crippen LogP contribution in [0, 0.1) is 6.92 Å². The number of aromatic nitrogens is 1. The Morgan fingerprint density at radius 1 is 1.24 bits per heavy atom. The van der Waals surface area contributed by atoms with E-state index in [2.05, 4.69) is 15.6 Å². The lowest BCUT2D eigenvalue weighted by Crippen LogP contribution is -2.36. The van der Waals surface area contributed by atoms with Crippen molar-refractivity contribution < 1.29 is 9.59 Å². The number of thiazole rings is 1. The van der Waals surface area contributed by atoms with E-state index in [1.807, 2.05) is 6.92 Å². The fourth-order valence-electron chi connectivity index (χ4n) is 1.62. The summed E-state index contributed by atoms with van der Waals surface area (Å²) in [6, 6.07) is 6.50. The van der Waals surface area contributed by atoms with Gasteiger partial charge in [-0.3, -0.25) is 9.59 Å². The van der Waals surface area contributed by atoms with Crippen molar-refractivity contribution in [2.45, 2.75) is 13.5 Å². The Bertz CT molecular complexity index is 637. The van der Waals surface area contributed by atoms with E-state index < -0.39 is 0 Å². The molecule has 0 fully saturated rings. The van der Waals surface area contributed by atoms with Crippen molar-refractivity contribution in [2.75, 3.05) is 12.3 Å². The number of carbonyl (C=O) groups excluding carboxylic acids is 2. The quantitative estimate of drug-likeness (QED) is 0.720. The number of aryl methyl sites for hydroxylation is 1. The first kappa shape index (κ1) is 15.0. The average Bonchev–Trinajstić information content (AvgIpc) is 2.89. The third-order valence-electron chi connectivity index (χ3n) is 2.69. The number of nitrogens with two attached hydrogens (primary N) is 1. The highest BCUT2D eigenvalue weighted by molar-refractivity contribution is 7.11. The van der Waals surface area contributed by atoms with Gasteiger partial charge in [0.05, 0.1) is 13.1 Å². The highest BCUT2D eigenvalue weighted by Crippen LogP contribution is 2.10. The average molecular weight is 304 g/mol. The van der Waals surface area contributed by atoms with Crippen LogP contribution < -0.4 is 16.4 Å². The van der Waals surface area contributed by atoms with E-state index in [0.717, 1.165) is 9.88 Å². The van der Waals surface area contributed by atoms with Crippen LogP contribution in [0.1, 0.15) is 20.2 Å². The molecule has 0 bridgehead atoms. The van der Waals surface area contributed by atoms with E-state index >= 15 is 0 Å². The van der Waals surface area contributed by atoms with Crippen molar-refractivity contribution in [2.24, 2.45) is 0 Å². The number of amides is 2. The van der Waals surface area contributed by atoms with Crippen LogP contribution in [0.25, 0.3) is 0 Å². The Morgan fingerprint density at radius 3 is 2.57 bits per heavy atom. The first-order valence-corrected chi connectivity index (χ1v) is 7.18. The molecule has 6 nitrogen and oxygen atoms in total. The minimum absolute atomic E-state index is 0.0758. The largest absolute Gasteiger partial charge is 0.399 e. The van der Waals surface area contributed by atoms with E-state index in [4.69, 9.17) is 5.73 Å². The van der Waals surface area contributed by atoms with Gasteiger partial charge in [0.1, 0.15) is 5.01 Å². The van der Waals surface area contributed by atoms with Gasteiger partial charge in [-0.15, -0.1) is 11.3 Å². The van der Waals surface area contributed by atoms with Crippen LogP contribution in [-0.4, -0.2) is 23.3 Å². The molecule has 1 heterocycles. The first-order chi connectivity index (χ1) is 10.0. The van der Waals surface area contributed by atoms with E-state index in [9.17, 15) is 9.59 Å². The maximum atomic E-state index is 11.8. The van der Waals surface area contributed by atoms with Crippen LogP contribution >= 0.6 is 11.3 Å². The second-order valence-corrected chi connectivity index (χ2v) is 5.77. The number of anilines is 1. The summed E-state index contributed by atoms with van der Waals surface area (Å²) < 4.78 is 0. The fourth-order valence-corrected chi connectivity index (χ4v) is 2.34. The zero-order chi connectivity index (χ0) is 15.2. The molecule has 0 aliphatic rings.